The van der Waals surface area contributed by atoms with Crippen LogP contribution in [0.1, 0.15) is 22.3 Å². The molecular formula is C26H21FN2O4. The SMILES string of the molecule is Cc1ccc(N2C(=O)NC(=O)/C(=C/c3cccc(OCc4ccccc4F)c3)C2=O)c(C)c1. The number of rotatable bonds is 5. The molecule has 0 aromatic heterocycles. The summed E-state index contributed by atoms with van der Waals surface area (Å²) in [6, 6.07) is 17.5. The molecule has 1 N–H and O–H groups in total. The van der Waals surface area contributed by atoms with E-state index in [-0.39, 0.29) is 18.0 Å². The highest BCUT2D eigenvalue weighted by molar-refractivity contribution is 6.39. The Morgan fingerprint density at radius 2 is 1.76 bits per heavy atom. The molecule has 0 unspecified atom stereocenters. The highest BCUT2D eigenvalue weighted by atomic mass is 19.1. The van der Waals surface area contributed by atoms with Gasteiger partial charge >= 0.3 is 6.03 Å². The lowest BCUT2D eigenvalue weighted by Crippen LogP contribution is -2.54. The van der Waals surface area contributed by atoms with Gasteiger partial charge in [0.25, 0.3) is 11.8 Å². The maximum absolute atomic E-state index is 13.8. The van der Waals surface area contributed by atoms with Gasteiger partial charge in [0.2, 0.25) is 0 Å². The second kappa shape index (κ2) is 9.08. The summed E-state index contributed by atoms with van der Waals surface area (Å²) in [7, 11) is 0. The number of hydrogen-bond acceptors (Lipinski definition) is 4. The minimum Gasteiger partial charge on any atom is -0.489 e. The predicted octanol–water partition coefficient (Wildman–Crippen LogP) is 4.69. The molecule has 1 fully saturated rings. The minimum absolute atomic E-state index is 0.0289. The first-order valence-corrected chi connectivity index (χ1v) is 10.3. The zero-order valence-electron chi connectivity index (χ0n) is 18.1. The van der Waals surface area contributed by atoms with E-state index in [1.54, 1.807) is 61.5 Å². The largest absolute Gasteiger partial charge is 0.489 e. The summed E-state index contributed by atoms with van der Waals surface area (Å²) in [5.74, 6) is -1.41. The average molecular weight is 444 g/mol. The molecule has 1 aliphatic rings. The number of ether oxygens (including phenoxy) is 1. The van der Waals surface area contributed by atoms with Gasteiger partial charge < -0.3 is 4.74 Å². The second-order valence-corrected chi connectivity index (χ2v) is 7.70. The standard InChI is InChI=1S/C26H21FN2O4/c1-16-10-11-23(17(2)12-16)29-25(31)21(24(30)28-26(29)32)14-18-6-5-8-20(13-18)33-15-19-7-3-4-9-22(19)27/h3-14H,15H2,1-2H3,(H,28,30,32)/b21-14-. The smallest absolute Gasteiger partial charge is 0.335 e. The van der Waals surface area contributed by atoms with E-state index in [9.17, 15) is 18.8 Å². The lowest BCUT2D eigenvalue weighted by molar-refractivity contribution is -0.122. The van der Waals surface area contributed by atoms with Crippen LogP contribution in [0.5, 0.6) is 5.75 Å². The van der Waals surface area contributed by atoms with Gasteiger partial charge in [0.1, 0.15) is 23.7 Å². The average Bonchev–Trinajstić information content (AvgIpc) is 2.78. The molecule has 33 heavy (non-hydrogen) atoms. The summed E-state index contributed by atoms with van der Waals surface area (Å²) in [6.07, 6.45) is 1.40. The van der Waals surface area contributed by atoms with Crippen LogP contribution in [0.3, 0.4) is 0 Å². The third-order valence-corrected chi connectivity index (χ3v) is 5.22. The molecule has 0 atom stereocenters. The van der Waals surface area contributed by atoms with Crippen molar-refractivity contribution < 1.29 is 23.5 Å². The number of amides is 4. The fourth-order valence-corrected chi connectivity index (χ4v) is 3.57. The summed E-state index contributed by atoms with van der Waals surface area (Å²) >= 11 is 0. The van der Waals surface area contributed by atoms with Gasteiger partial charge in [-0.05, 0) is 55.3 Å². The van der Waals surface area contributed by atoms with E-state index in [2.05, 4.69) is 5.32 Å². The van der Waals surface area contributed by atoms with Crippen LogP contribution < -0.4 is 15.0 Å². The van der Waals surface area contributed by atoms with Crippen LogP contribution in [0, 0.1) is 19.7 Å². The summed E-state index contributed by atoms with van der Waals surface area (Å²) in [6.45, 7) is 3.73. The summed E-state index contributed by atoms with van der Waals surface area (Å²) in [5, 5.41) is 2.22. The fraction of sp³-hybridized carbons (Fsp3) is 0.115. The number of carbonyl (C=O) groups is 3. The van der Waals surface area contributed by atoms with Crippen molar-refractivity contribution in [2.24, 2.45) is 0 Å². The molecule has 3 aromatic rings. The third-order valence-electron chi connectivity index (χ3n) is 5.22. The van der Waals surface area contributed by atoms with Gasteiger partial charge in [-0.1, -0.05) is 48.0 Å². The van der Waals surface area contributed by atoms with Gasteiger partial charge in [0.05, 0.1) is 5.69 Å². The van der Waals surface area contributed by atoms with Gasteiger partial charge in [-0.25, -0.2) is 14.1 Å². The van der Waals surface area contributed by atoms with E-state index >= 15 is 0 Å². The van der Waals surface area contributed by atoms with Gasteiger partial charge in [-0.2, -0.15) is 0 Å². The van der Waals surface area contributed by atoms with Gasteiger partial charge in [-0.15, -0.1) is 0 Å². The summed E-state index contributed by atoms with van der Waals surface area (Å²) < 4.78 is 19.5. The van der Waals surface area contributed by atoms with Crippen molar-refractivity contribution in [1.82, 2.24) is 5.32 Å². The number of imide groups is 2. The normalized spacial score (nSPS) is 15.1. The van der Waals surface area contributed by atoms with Crippen molar-refractivity contribution in [2.45, 2.75) is 20.5 Å². The number of anilines is 1. The molecule has 166 valence electrons. The molecule has 4 amide bonds. The molecule has 1 aliphatic heterocycles. The Bertz CT molecular complexity index is 1300. The van der Waals surface area contributed by atoms with Crippen LogP contribution in [-0.2, 0) is 16.2 Å². The molecular weight excluding hydrogens is 423 g/mol. The Morgan fingerprint density at radius 1 is 0.970 bits per heavy atom. The Labute approximate surface area is 190 Å². The first kappa shape index (κ1) is 22.0. The highest BCUT2D eigenvalue weighted by Crippen LogP contribution is 2.26. The summed E-state index contributed by atoms with van der Waals surface area (Å²) in [5.41, 5.74) is 2.88. The van der Waals surface area contributed by atoms with Crippen LogP contribution >= 0.6 is 0 Å². The van der Waals surface area contributed by atoms with E-state index in [1.807, 2.05) is 13.0 Å². The topological polar surface area (TPSA) is 75.7 Å². The first-order valence-electron chi connectivity index (χ1n) is 10.3. The Morgan fingerprint density at radius 3 is 2.52 bits per heavy atom. The van der Waals surface area contributed by atoms with E-state index in [0.29, 0.717) is 22.6 Å². The van der Waals surface area contributed by atoms with Crippen LogP contribution in [-0.4, -0.2) is 17.8 Å². The van der Waals surface area contributed by atoms with E-state index in [4.69, 9.17) is 4.74 Å². The molecule has 6 nitrogen and oxygen atoms in total. The van der Waals surface area contributed by atoms with Crippen molar-refractivity contribution in [1.29, 1.82) is 0 Å². The van der Waals surface area contributed by atoms with Crippen LogP contribution in [0.4, 0.5) is 14.9 Å². The van der Waals surface area contributed by atoms with E-state index in [1.165, 1.54) is 12.1 Å². The Kier molecular flexibility index (Phi) is 6.04. The number of nitrogens with zero attached hydrogens (tertiary/aromatic N) is 1. The molecule has 0 bridgehead atoms. The molecule has 7 heteroatoms. The van der Waals surface area contributed by atoms with Gasteiger partial charge in [0, 0.05) is 5.56 Å². The molecule has 0 radical (unpaired) electrons. The number of hydrogen-bond donors (Lipinski definition) is 1. The van der Waals surface area contributed by atoms with E-state index < -0.39 is 17.8 Å². The molecule has 1 heterocycles. The van der Waals surface area contributed by atoms with Gasteiger partial charge in [-0.3, -0.25) is 14.9 Å². The van der Waals surface area contributed by atoms with Crippen molar-refractivity contribution in [3.05, 3.63) is 100 Å². The predicted molar refractivity (Wildman–Crippen MR) is 122 cm³/mol. The number of urea groups is 1. The Balaban J connectivity index is 1.60. The zero-order valence-corrected chi connectivity index (χ0v) is 18.1. The Hall–Kier alpha value is -4.26. The van der Waals surface area contributed by atoms with Crippen molar-refractivity contribution >= 4 is 29.6 Å². The number of nitrogens with one attached hydrogen (secondary N) is 1. The monoisotopic (exact) mass is 444 g/mol. The van der Waals surface area contributed by atoms with Crippen LogP contribution in [0.2, 0.25) is 0 Å². The molecule has 4 rings (SSSR count). The number of benzene rings is 3. The van der Waals surface area contributed by atoms with Gasteiger partial charge in [0.15, 0.2) is 0 Å². The molecule has 0 aliphatic carbocycles. The lowest BCUT2D eigenvalue weighted by Gasteiger charge is -2.27. The van der Waals surface area contributed by atoms with Crippen molar-refractivity contribution in [2.75, 3.05) is 4.90 Å². The third kappa shape index (κ3) is 4.67. The second-order valence-electron chi connectivity index (χ2n) is 7.70. The first-order chi connectivity index (χ1) is 15.8. The van der Waals surface area contributed by atoms with E-state index in [0.717, 1.165) is 16.0 Å². The highest BCUT2D eigenvalue weighted by Gasteiger charge is 2.37. The number of carbonyl (C=O) groups excluding carboxylic acids is 3. The molecule has 0 spiro atoms. The molecule has 0 saturated carbocycles. The maximum Gasteiger partial charge on any atom is 0.335 e. The number of aryl methyl sites for hydroxylation is 2. The minimum atomic E-state index is -0.795. The van der Waals surface area contributed by atoms with Crippen molar-refractivity contribution in [3.8, 4) is 5.75 Å². The fourth-order valence-electron chi connectivity index (χ4n) is 3.57. The number of barbiturate groups is 1. The van der Waals surface area contributed by atoms with Crippen LogP contribution in [0.25, 0.3) is 6.08 Å². The number of halogens is 1. The maximum atomic E-state index is 13.8. The molecule has 3 aromatic carbocycles. The zero-order chi connectivity index (χ0) is 23.5. The van der Waals surface area contributed by atoms with Crippen LogP contribution in [0.15, 0.2) is 72.3 Å². The molecule has 1 saturated heterocycles. The van der Waals surface area contributed by atoms with Crippen molar-refractivity contribution in [3.63, 3.8) is 0 Å². The summed E-state index contributed by atoms with van der Waals surface area (Å²) in [4.78, 5) is 39.0. The lowest BCUT2D eigenvalue weighted by atomic mass is 10.0. The quantitative estimate of drug-likeness (QED) is 0.458.